The first kappa shape index (κ1) is 12.5. The molecule has 8 heteroatoms. The fraction of sp³-hybridized carbons (Fsp3) is 0.200. The number of anilines is 1. The minimum absolute atomic E-state index is 0.00377. The molecule has 2 N–H and O–H groups in total. The van der Waals surface area contributed by atoms with Crippen molar-refractivity contribution >= 4 is 16.0 Å². The lowest BCUT2D eigenvalue weighted by Gasteiger charge is -2.02. The number of nitrogens with one attached hydrogen (secondary N) is 2. The molecule has 2 aromatic heterocycles. The Morgan fingerprint density at radius 1 is 1.28 bits per heavy atom. The van der Waals surface area contributed by atoms with Crippen molar-refractivity contribution in [3.05, 3.63) is 36.4 Å². The zero-order valence-electron chi connectivity index (χ0n) is 9.62. The van der Waals surface area contributed by atoms with Gasteiger partial charge in [-0.3, -0.25) is 0 Å². The molecule has 2 rings (SSSR count). The van der Waals surface area contributed by atoms with Crippen molar-refractivity contribution in [1.82, 2.24) is 15.3 Å². The molecule has 7 nitrogen and oxygen atoms in total. The third kappa shape index (κ3) is 2.84. The molecule has 0 aliphatic heterocycles. The van der Waals surface area contributed by atoms with Crippen LogP contribution in [0.2, 0.25) is 0 Å². The van der Waals surface area contributed by atoms with Crippen LogP contribution in [0, 0.1) is 0 Å². The van der Waals surface area contributed by atoms with Gasteiger partial charge in [0.1, 0.15) is 5.76 Å². The quantitative estimate of drug-likeness (QED) is 0.823. The second-order valence-corrected chi connectivity index (χ2v) is 5.04. The van der Waals surface area contributed by atoms with E-state index in [0.717, 1.165) is 0 Å². The van der Waals surface area contributed by atoms with Crippen LogP contribution in [0.25, 0.3) is 0 Å². The summed E-state index contributed by atoms with van der Waals surface area (Å²) in [4.78, 5) is 7.55. The molecule has 0 aliphatic carbocycles. The van der Waals surface area contributed by atoms with E-state index in [1.165, 1.54) is 18.5 Å². The first-order chi connectivity index (χ1) is 8.62. The number of aromatic nitrogens is 2. The van der Waals surface area contributed by atoms with E-state index < -0.39 is 10.0 Å². The lowest BCUT2D eigenvalue weighted by Crippen LogP contribution is -2.14. The van der Waals surface area contributed by atoms with Crippen LogP contribution in [0.4, 0.5) is 5.95 Å². The van der Waals surface area contributed by atoms with Crippen molar-refractivity contribution in [2.75, 3.05) is 11.8 Å². The van der Waals surface area contributed by atoms with Crippen LogP contribution >= 0.6 is 0 Å². The number of hydrogen-bond donors (Lipinski definition) is 2. The number of furan rings is 1. The standard InChI is InChI=1S/C10H12N4O3S/c1-11-7-8-3-4-9(17-8)18(15,16)14-10-12-5-2-6-13-10/h2-6,11H,7H2,1H3,(H,12,13,14). The summed E-state index contributed by atoms with van der Waals surface area (Å²) in [5, 5.41) is 2.70. The molecule has 18 heavy (non-hydrogen) atoms. The third-order valence-corrected chi connectivity index (χ3v) is 3.24. The van der Waals surface area contributed by atoms with Gasteiger partial charge in [-0.1, -0.05) is 0 Å². The van der Waals surface area contributed by atoms with Crippen molar-refractivity contribution in [3.8, 4) is 0 Å². The minimum Gasteiger partial charge on any atom is -0.446 e. The maximum atomic E-state index is 11.9. The SMILES string of the molecule is CNCc1ccc(S(=O)(=O)Nc2ncccn2)o1. The largest absolute Gasteiger partial charge is 0.446 e. The van der Waals surface area contributed by atoms with Gasteiger partial charge in [0.2, 0.25) is 11.0 Å². The van der Waals surface area contributed by atoms with Crippen LogP contribution in [0.1, 0.15) is 5.76 Å². The van der Waals surface area contributed by atoms with Crippen LogP contribution in [0.5, 0.6) is 0 Å². The molecule has 0 aromatic carbocycles. The lowest BCUT2D eigenvalue weighted by atomic mass is 10.4. The Labute approximate surface area is 104 Å². The van der Waals surface area contributed by atoms with Crippen molar-refractivity contribution in [3.63, 3.8) is 0 Å². The van der Waals surface area contributed by atoms with E-state index in [4.69, 9.17) is 4.42 Å². The molecule has 0 unspecified atom stereocenters. The molecule has 0 bridgehead atoms. The summed E-state index contributed by atoms with van der Waals surface area (Å²) in [7, 11) is -2.04. The number of rotatable bonds is 5. The predicted molar refractivity (Wildman–Crippen MR) is 64.3 cm³/mol. The second kappa shape index (κ2) is 5.15. The molecule has 0 amide bonds. The normalized spacial score (nSPS) is 11.4. The van der Waals surface area contributed by atoms with E-state index >= 15 is 0 Å². The van der Waals surface area contributed by atoms with Crippen molar-refractivity contribution in [1.29, 1.82) is 0 Å². The fourth-order valence-electron chi connectivity index (χ4n) is 1.29. The van der Waals surface area contributed by atoms with Crippen LogP contribution in [-0.4, -0.2) is 25.4 Å². The summed E-state index contributed by atoms with van der Waals surface area (Å²) in [6.45, 7) is 0.456. The summed E-state index contributed by atoms with van der Waals surface area (Å²) >= 11 is 0. The van der Waals surface area contributed by atoms with Gasteiger partial charge in [-0.15, -0.1) is 0 Å². The molecule has 0 atom stereocenters. The van der Waals surface area contributed by atoms with Crippen LogP contribution in [0.3, 0.4) is 0 Å². The molecular weight excluding hydrogens is 256 g/mol. The Hall–Kier alpha value is -1.93. The van der Waals surface area contributed by atoms with E-state index in [9.17, 15) is 8.42 Å². The van der Waals surface area contributed by atoms with E-state index in [-0.39, 0.29) is 11.0 Å². The lowest BCUT2D eigenvalue weighted by molar-refractivity contribution is 0.408. The van der Waals surface area contributed by atoms with Gasteiger partial charge >= 0.3 is 0 Å². The highest BCUT2D eigenvalue weighted by molar-refractivity contribution is 7.92. The Bertz CT molecular complexity index is 609. The second-order valence-electron chi connectivity index (χ2n) is 3.43. The van der Waals surface area contributed by atoms with Crippen molar-refractivity contribution < 1.29 is 12.8 Å². The van der Waals surface area contributed by atoms with Crippen LogP contribution in [-0.2, 0) is 16.6 Å². The topological polar surface area (TPSA) is 97.1 Å². The first-order valence-electron chi connectivity index (χ1n) is 5.15. The van der Waals surface area contributed by atoms with Gasteiger partial charge in [-0.2, -0.15) is 8.42 Å². The molecular formula is C10H12N4O3S. The Kier molecular flexibility index (Phi) is 3.58. The number of sulfonamides is 1. The predicted octanol–water partition coefficient (Wildman–Crippen LogP) is 0.590. The van der Waals surface area contributed by atoms with Crippen LogP contribution < -0.4 is 10.0 Å². The highest BCUT2D eigenvalue weighted by atomic mass is 32.2. The Balaban J connectivity index is 2.20. The molecule has 96 valence electrons. The molecule has 0 spiro atoms. The van der Waals surface area contributed by atoms with Crippen molar-refractivity contribution in [2.24, 2.45) is 0 Å². The fourth-order valence-corrected chi connectivity index (χ4v) is 2.20. The Morgan fingerprint density at radius 3 is 2.67 bits per heavy atom. The summed E-state index contributed by atoms with van der Waals surface area (Å²) in [6.07, 6.45) is 2.89. The highest BCUT2D eigenvalue weighted by Gasteiger charge is 2.19. The van der Waals surface area contributed by atoms with Gasteiger partial charge in [0.25, 0.3) is 10.0 Å². The molecule has 0 aliphatic rings. The molecule has 0 radical (unpaired) electrons. The summed E-state index contributed by atoms with van der Waals surface area (Å²) < 4.78 is 31.2. The average molecular weight is 268 g/mol. The van der Waals surface area contributed by atoms with Crippen molar-refractivity contribution in [2.45, 2.75) is 11.6 Å². The molecule has 0 fully saturated rings. The van der Waals surface area contributed by atoms with E-state index in [0.29, 0.717) is 12.3 Å². The average Bonchev–Trinajstić information content (AvgIpc) is 2.80. The van der Waals surface area contributed by atoms with E-state index in [1.54, 1.807) is 19.2 Å². The van der Waals surface area contributed by atoms with Gasteiger partial charge in [0.05, 0.1) is 6.54 Å². The minimum atomic E-state index is -3.78. The monoisotopic (exact) mass is 268 g/mol. The van der Waals surface area contributed by atoms with Gasteiger partial charge in [-0.25, -0.2) is 14.7 Å². The third-order valence-electron chi connectivity index (χ3n) is 2.04. The molecule has 2 aromatic rings. The molecule has 0 saturated heterocycles. The number of nitrogens with zero attached hydrogens (tertiary/aromatic N) is 2. The highest BCUT2D eigenvalue weighted by Crippen LogP contribution is 2.16. The summed E-state index contributed by atoms with van der Waals surface area (Å²) in [5.74, 6) is 0.538. The Morgan fingerprint density at radius 2 is 2.00 bits per heavy atom. The zero-order valence-corrected chi connectivity index (χ0v) is 10.4. The maximum Gasteiger partial charge on any atom is 0.297 e. The smallest absolute Gasteiger partial charge is 0.297 e. The van der Waals surface area contributed by atoms with Gasteiger partial charge < -0.3 is 9.73 Å². The number of hydrogen-bond acceptors (Lipinski definition) is 6. The van der Waals surface area contributed by atoms with Gasteiger partial charge in [-0.05, 0) is 25.2 Å². The molecule has 2 heterocycles. The molecule has 0 saturated carbocycles. The summed E-state index contributed by atoms with van der Waals surface area (Å²) in [6, 6.07) is 4.57. The maximum absolute atomic E-state index is 11.9. The first-order valence-corrected chi connectivity index (χ1v) is 6.63. The van der Waals surface area contributed by atoms with Gasteiger partial charge in [0.15, 0.2) is 0 Å². The zero-order chi connectivity index (χ0) is 13.0. The van der Waals surface area contributed by atoms with E-state index in [1.807, 2.05) is 0 Å². The van der Waals surface area contributed by atoms with Gasteiger partial charge in [0, 0.05) is 12.4 Å². The summed E-state index contributed by atoms with van der Waals surface area (Å²) in [5.41, 5.74) is 0. The van der Waals surface area contributed by atoms with Crippen LogP contribution in [0.15, 0.2) is 40.1 Å². The van der Waals surface area contributed by atoms with E-state index in [2.05, 4.69) is 20.0 Å².